The van der Waals surface area contributed by atoms with Gasteiger partial charge in [-0.05, 0) is 55.4 Å². The maximum Gasteiger partial charge on any atom is 0.324 e. The van der Waals surface area contributed by atoms with Crippen LogP contribution in [0.15, 0.2) is 72.8 Å². The summed E-state index contributed by atoms with van der Waals surface area (Å²) < 4.78 is 8.98. The summed E-state index contributed by atoms with van der Waals surface area (Å²) in [5, 5.41) is 2.55. The molecule has 0 spiro atoms. The molecule has 0 aliphatic heterocycles. The molecule has 30 heavy (non-hydrogen) atoms. The Bertz CT molecular complexity index is 1170. The van der Waals surface area contributed by atoms with Gasteiger partial charge in [0.1, 0.15) is 0 Å². The predicted octanol–water partition coefficient (Wildman–Crippen LogP) is 6.84. The first-order chi connectivity index (χ1) is 14.2. The van der Waals surface area contributed by atoms with Gasteiger partial charge in [0, 0.05) is 16.5 Å². The third kappa shape index (κ3) is 3.46. The first-order valence-electron chi connectivity index (χ1n) is 11.0. The molecule has 3 aromatic carbocycles. The van der Waals surface area contributed by atoms with Crippen molar-refractivity contribution >= 4 is 34.2 Å². The molecular formula is C27H32BNO. The zero-order valence-corrected chi connectivity index (χ0v) is 19.1. The van der Waals surface area contributed by atoms with E-state index >= 15 is 0 Å². The quantitative estimate of drug-likeness (QED) is 0.325. The van der Waals surface area contributed by atoms with Gasteiger partial charge in [0.15, 0.2) is 0 Å². The number of para-hydroxylation sites is 2. The molecule has 2 nitrogen and oxygen atoms in total. The first-order valence-corrected chi connectivity index (χ1v) is 11.0. The van der Waals surface area contributed by atoms with Crippen LogP contribution in [0.5, 0.6) is 0 Å². The SMILES string of the molecule is CCC(C)(C)C(C)(C)OB(C)c1ccc2c(c1)c1ccccc1n2-c1ccccc1. The molecule has 0 unspecified atom stereocenters. The maximum atomic E-state index is 6.63. The van der Waals surface area contributed by atoms with Crippen LogP contribution < -0.4 is 5.46 Å². The van der Waals surface area contributed by atoms with E-state index in [-0.39, 0.29) is 17.9 Å². The summed E-state index contributed by atoms with van der Waals surface area (Å²) in [5.41, 5.74) is 4.76. The van der Waals surface area contributed by atoms with Crippen molar-refractivity contribution in [2.45, 2.75) is 53.5 Å². The van der Waals surface area contributed by atoms with E-state index in [1.807, 2.05) is 0 Å². The van der Waals surface area contributed by atoms with Gasteiger partial charge in [-0.25, -0.2) is 0 Å². The van der Waals surface area contributed by atoms with E-state index in [2.05, 4.69) is 119 Å². The van der Waals surface area contributed by atoms with Crippen molar-refractivity contribution in [2.24, 2.45) is 5.41 Å². The van der Waals surface area contributed by atoms with Gasteiger partial charge >= 0.3 is 6.92 Å². The van der Waals surface area contributed by atoms with Gasteiger partial charge in [-0.3, -0.25) is 0 Å². The third-order valence-corrected chi connectivity index (χ3v) is 7.17. The molecule has 3 heteroatoms. The second-order valence-electron chi connectivity index (χ2n) is 9.47. The number of fused-ring (bicyclic) bond motifs is 3. The van der Waals surface area contributed by atoms with Crippen LogP contribution in [0, 0.1) is 5.41 Å². The number of hydrogen-bond acceptors (Lipinski definition) is 1. The summed E-state index contributed by atoms with van der Waals surface area (Å²) >= 11 is 0. The van der Waals surface area contributed by atoms with Crippen molar-refractivity contribution in [3.05, 3.63) is 72.8 Å². The predicted molar refractivity (Wildman–Crippen MR) is 131 cm³/mol. The van der Waals surface area contributed by atoms with Crippen LogP contribution in [0.4, 0.5) is 0 Å². The Kier molecular flexibility index (Phi) is 5.28. The van der Waals surface area contributed by atoms with Crippen molar-refractivity contribution < 1.29 is 4.65 Å². The highest BCUT2D eigenvalue weighted by Gasteiger charge is 2.38. The Hall–Kier alpha value is -2.52. The molecule has 0 N–H and O–H groups in total. The van der Waals surface area contributed by atoms with Crippen LogP contribution in [0.25, 0.3) is 27.5 Å². The number of nitrogens with zero attached hydrogens (tertiary/aromatic N) is 1. The molecule has 0 aliphatic carbocycles. The lowest BCUT2D eigenvalue weighted by Gasteiger charge is -2.43. The van der Waals surface area contributed by atoms with E-state index < -0.39 is 0 Å². The van der Waals surface area contributed by atoms with Gasteiger partial charge in [-0.15, -0.1) is 0 Å². The Morgan fingerprint density at radius 1 is 0.800 bits per heavy atom. The molecule has 0 radical (unpaired) electrons. The van der Waals surface area contributed by atoms with Crippen molar-refractivity contribution in [1.82, 2.24) is 4.57 Å². The highest BCUT2D eigenvalue weighted by Crippen LogP contribution is 2.37. The smallest absolute Gasteiger partial charge is 0.324 e. The maximum absolute atomic E-state index is 6.63. The average Bonchev–Trinajstić information content (AvgIpc) is 3.07. The Labute approximate surface area is 181 Å². The lowest BCUT2D eigenvalue weighted by Crippen LogP contribution is -2.47. The van der Waals surface area contributed by atoms with E-state index in [9.17, 15) is 0 Å². The zero-order valence-electron chi connectivity index (χ0n) is 19.1. The topological polar surface area (TPSA) is 14.2 Å². The van der Waals surface area contributed by atoms with E-state index in [1.54, 1.807) is 0 Å². The zero-order chi connectivity index (χ0) is 21.5. The van der Waals surface area contributed by atoms with Crippen LogP contribution in [0.1, 0.15) is 41.0 Å². The van der Waals surface area contributed by atoms with Crippen LogP contribution in [0.2, 0.25) is 6.82 Å². The van der Waals surface area contributed by atoms with Crippen LogP contribution in [-0.4, -0.2) is 17.1 Å². The lowest BCUT2D eigenvalue weighted by molar-refractivity contribution is -0.0135. The van der Waals surface area contributed by atoms with E-state index in [4.69, 9.17) is 4.65 Å². The summed E-state index contributed by atoms with van der Waals surface area (Å²) in [5.74, 6) is 0. The molecule has 0 aliphatic rings. The van der Waals surface area contributed by atoms with E-state index in [0.717, 1.165) is 6.42 Å². The molecule has 4 rings (SSSR count). The van der Waals surface area contributed by atoms with Crippen LogP contribution in [0.3, 0.4) is 0 Å². The highest BCUT2D eigenvalue weighted by molar-refractivity contribution is 6.66. The van der Waals surface area contributed by atoms with Crippen LogP contribution >= 0.6 is 0 Å². The third-order valence-electron chi connectivity index (χ3n) is 7.17. The van der Waals surface area contributed by atoms with Gasteiger partial charge < -0.3 is 9.22 Å². The fourth-order valence-corrected chi connectivity index (χ4v) is 4.19. The largest absolute Gasteiger partial charge is 0.426 e. The minimum atomic E-state index is -0.214. The summed E-state index contributed by atoms with van der Waals surface area (Å²) in [6.45, 7) is 13.4. The fraction of sp³-hybridized carbons (Fsp3) is 0.333. The number of rotatable bonds is 6. The molecular weight excluding hydrogens is 365 g/mol. The molecule has 1 heterocycles. The van der Waals surface area contributed by atoms with E-state index in [1.165, 1.54) is 33.0 Å². The van der Waals surface area contributed by atoms with Crippen molar-refractivity contribution in [2.75, 3.05) is 0 Å². The lowest BCUT2D eigenvalue weighted by atomic mass is 9.61. The highest BCUT2D eigenvalue weighted by atomic mass is 16.5. The Balaban J connectivity index is 1.82. The standard InChI is InChI=1S/C27H32BNO/c1-7-26(2,3)27(4,5)30-28(6)20-17-18-25-23(19-20)22-15-11-12-16-24(22)29(25)21-13-9-8-10-14-21/h8-19H,7H2,1-6H3. The van der Waals surface area contributed by atoms with Gasteiger partial charge in [0.05, 0.1) is 16.6 Å². The summed E-state index contributed by atoms with van der Waals surface area (Å²) in [7, 11) is 0. The fourth-order valence-electron chi connectivity index (χ4n) is 4.19. The second kappa shape index (κ2) is 7.63. The summed E-state index contributed by atoms with van der Waals surface area (Å²) in [4.78, 5) is 0. The Morgan fingerprint density at radius 3 is 2.13 bits per heavy atom. The summed E-state index contributed by atoms with van der Waals surface area (Å²) in [6.07, 6.45) is 1.08. The molecule has 4 aromatic rings. The normalized spacial score (nSPS) is 12.6. The molecule has 0 fully saturated rings. The van der Waals surface area contributed by atoms with Crippen molar-refractivity contribution in [1.29, 1.82) is 0 Å². The second-order valence-corrected chi connectivity index (χ2v) is 9.47. The number of hydrogen-bond donors (Lipinski definition) is 0. The van der Waals surface area contributed by atoms with Gasteiger partial charge in [-0.1, -0.05) is 76.1 Å². The van der Waals surface area contributed by atoms with Gasteiger partial charge in [0.25, 0.3) is 0 Å². The van der Waals surface area contributed by atoms with E-state index in [0.29, 0.717) is 0 Å². The minimum Gasteiger partial charge on any atom is -0.426 e. The molecule has 0 bridgehead atoms. The monoisotopic (exact) mass is 397 g/mol. The number of benzene rings is 3. The molecule has 0 saturated carbocycles. The van der Waals surface area contributed by atoms with Crippen LogP contribution in [-0.2, 0) is 4.65 Å². The van der Waals surface area contributed by atoms with Crippen molar-refractivity contribution in [3.8, 4) is 5.69 Å². The van der Waals surface area contributed by atoms with Gasteiger partial charge in [-0.2, -0.15) is 0 Å². The Morgan fingerprint density at radius 2 is 1.43 bits per heavy atom. The number of aromatic nitrogens is 1. The molecule has 1 aromatic heterocycles. The molecule has 0 atom stereocenters. The molecule has 0 amide bonds. The average molecular weight is 397 g/mol. The first kappa shape index (κ1) is 20.7. The van der Waals surface area contributed by atoms with Crippen molar-refractivity contribution in [3.63, 3.8) is 0 Å². The summed E-state index contributed by atoms with van der Waals surface area (Å²) in [6, 6.07) is 26.0. The van der Waals surface area contributed by atoms with Gasteiger partial charge in [0.2, 0.25) is 0 Å². The molecule has 154 valence electrons. The molecule has 0 saturated heterocycles. The minimum absolute atomic E-state index is 0.0223.